The molecule has 2 unspecified atom stereocenters. The quantitative estimate of drug-likeness (QED) is 0.776. The zero-order chi connectivity index (χ0) is 12.9. The van der Waals surface area contributed by atoms with Gasteiger partial charge in [-0.1, -0.05) is 19.8 Å². The van der Waals surface area contributed by atoms with Crippen molar-refractivity contribution >= 4 is 0 Å². The van der Waals surface area contributed by atoms with Crippen LogP contribution in [0.15, 0.2) is 0 Å². The molecule has 2 atom stereocenters. The summed E-state index contributed by atoms with van der Waals surface area (Å²) in [5.74, 6) is 0.806. The van der Waals surface area contributed by atoms with E-state index in [4.69, 9.17) is 10.5 Å². The second-order valence-corrected chi connectivity index (χ2v) is 5.97. The van der Waals surface area contributed by atoms with Crippen LogP contribution < -0.4 is 5.73 Å². The summed E-state index contributed by atoms with van der Waals surface area (Å²) in [7, 11) is 2.20. The van der Waals surface area contributed by atoms with Crippen molar-refractivity contribution in [3.8, 4) is 0 Å². The minimum Gasteiger partial charge on any atom is -0.377 e. The van der Waals surface area contributed by atoms with Crippen LogP contribution in [0.4, 0.5) is 0 Å². The maximum Gasteiger partial charge on any atom is 0.0597 e. The molecule has 102 valence electrons. The molecule has 2 N–H and O–H groups in total. The predicted molar refractivity (Wildman–Crippen MR) is 73.1 cm³/mol. The lowest BCUT2D eigenvalue weighted by molar-refractivity contribution is 0.0135. The van der Waals surface area contributed by atoms with Crippen LogP contribution in [-0.2, 0) is 4.74 Å². The van der Waals surface area contributed by atoms with E-state index in [-0.39, 0.29) is 5.54 Å². The van der Waals surface area contributed by atoms with Gasteiger partial charge in [0.2, 0.25) is 0 Å². The molecule has 0 heterocycles. The molecule has 1 aliphatic carbocycles. The highest BCUT2D eigenvalue weighted by atomic mass is 16.5. The number of ether oxygens (including phenoxy) is 1. The Bertz CT molecular complexity index is 220. The molecule has 3 heteroatoms. The lowest BCUT2D eigenvalue weighted by Gasteiger charge is -2.46. The van der Waals surface area contributed by atoms with Crippen molar-refractivity contribution in [1.82, 2.24) is 4.90 Å². The maximum atomic E-state index is 6.05. The number of hydrogen-bond donors (Lipinski definition) is 1. The van der Waals surface area contributed by atoms with Gasteiger partial charge in [0, 0.05) is 18.6 Å². The van der Waals surface area contributed by atoms with Gasteiger partial charge in [-0.25, -0.2) is 0 Å². The first-order chi connectivity index (χ1) is 8.00. The molecule has 1 saturated carbocycles. The zero-order valence-electron chi connectivity index (χ0n) is 12.0. The van der Waals surface area contributed by atoms with Crippen molar-refractivity contribution in [2.45, 2.75) is 58.1 Å². The van der Waals surface area contributed by atoms with Crippen molar-refractivity contribution in [3.05, 3.63) is 0 Å². The highest BCUT2D eigenvalue weighted by molar-refractivity contribution is 4.94. The molecule has 0 aromatic rings. The molecular weight excluding hydrogens is 212 g/mol. The van der Waals surface area contributed by atoms with Crippen LogP contribution in [-0.4, -0.2) is 43.3 Å². The molecule has 17 heavy (non-hydrogen) atoms. The molecule has 0 bridgehead atoms. The number of rotatable bonds is 6. The minimum absolute atomic E-state index is 0.220. The van der Waals surface area contributed by atoms with E-state index >= 15 is 0 Å². The predicted octanol–water partition coefficient (Wildman–Crippen LogP) is 2.25. The average Bonchev–Trinajstić information content (AvgIpc) is 2.28. The first-order valence-electron chi connectivity index (χ1n) is 7.03. The molecule has 1 fully saturated rings. The molecule has 0 amide bonds. The molecule has 1 rings (SSSR count). The summed E-state index contributed by atoms with van der Waals surface area (Å²) in [4.78, 5) is 2.44. The van der Waals surface area contributed by atoms with Crippen molar-refractivity contribution in [1.29, 1.82) is 0 Å². The van der Waals surface area contributed by atoms with Gasteiger partial charge < -0.3 is 10.5 Å². The summed E-state index contributed by atoms with van der Waals surface area (Å²) >= 11 is 0. The van der Waals surface area contributed by atoms with Gasteiger partial charge in [0.05, 0.1) is 12.7 Å². The molecule has 0 spiro atoms. The van der Waals surface area contributed by atoms with Gasteiger partial charge in [0.15, 0.2) is 0 Å². The van der Waals surface area contributed by atoms with Crippen LogP contribution in [0.25, 0.3) is 0 Å². The Morgan fingerprint density at radius 1 is 1.47 bits per heavy atom. The topological polar surface area (TPSA) is 38.5 Å². The fourth-order valence-corrected chi connectivity index (χ4v) is 2.98. The number of hydrogen-bond acceptors (Lipinski definition) is 3. The van der Waals surface area contributed by atoms with Crippen molar-refractivity contribution in [2.75, 3.05) is 26.7 Å². The Hall–Kier alpha value is -0.120. The Morgan fingerprint density at radius 2 is 2.18 bits per heavy atom. The molecule has 0 aromatic heterocycles. The van der Waals surface area contributed by atoms with Crippen molar-refractivity contribution in [3.63, 3.8) is 0 Å². The molecule has 0 aromatic carbocycles. The van der Waals surface area contributed by atoms with E-state index in [0.29, 0.717) is 6.10 Å². The fraction of sp³-hybridized carbons (Fsp3) is 1.00. The van der Waals surface area contributed by atoms with Crippen LogP contribution in [0, 0.1) is 5.92 Å². The summed E-state index contributed by atoms with van der Waals surface area (Å²) in [5.41, 5.74) is 6.27. The lowest BCUT2D eigenvalue weighted by atomic mass is 9.75. The van der Waals surface area contributed by atoms with E-state index in [9.17, 15) is 0 Å². The normalized spacial score (nSPS) is 30.2. The molecular formula is C14H30N2O. The van der Waals surface area contributed by atoms with Gasteiger partial charge >= 0.3 is 0 Å². The van der Waals surface area contributed by atoms with E-state index in [2.05, 4.69) is 32.7 Å². The Labute approximate surface area is 107 Å². The average molecular weight is 242 g/mol. The lowest BCUT2D eigenvalue weighted by Crippen LogP contribution is -2.55. The Balaban J connectivity index is 2.47. The third kappa shape index (κ3) is 4.23. The van der Waals surface area contributed by atoms with E-state index in [0.717, 1.165) is 25.6 Å². The maximum absolute atomic E-state index is 6.05. The van der Waals surface area contributed by atoms with Crippen molar-refractivity contribution < 1.29 is 4.74 Å². The standard InChI is InChI=1S/C14H30N2O/c1-12(2)17-9-8-16(4)14(11-15)7-5-6-13(3)10-14/h12-13H,5-11,15H2,1-4H3. The van der Waals surface area contributed by atoms with E-state index in [1.807, 2.05) is 0 Å². The smallest absolute Gasteiger partial charge is 0.0597 e. The second-order valence-electron chi connectivity index (χ2n) is 5.97. The highest BCUT2D eigenvalue weighted by Gasteiger charge is 2.36. The monoisotopic (exact) mass is 242 g/mol. The number of nitrogens with zero attached hydrogens (tertiary/aromatic N) is 1. The third-order valence-corrected chi connectivity index (χ3v) is 4.14. The van der Waals surface area contributed by atoms with Crippen LogP contribution in [0.3, 0.4) is 0 Å². The first kappa shape index (κ1) is 14.9. The molecule has 1 aliphatic rings. The van der Waals surface area contributed by atoms with Crippen molar-refractivity contribution in [2.24, 2.45) is 11.7 Å². The SMILES string of the molecule is CC1CCCC(CN)(N(C)CCOC(C)C)C1. The van der Waals surface area contributed by atoms with Crippen LogP contribution in [0.1, 0.15) is 46.5 Å². The molecule has 0 aliphatic heterocycles. The summed E-state index contributed by atoms with van der Waals surface area (Å²) in [5, 5.41) is 0. The van der Waals surface area contributed by atoms with Crippen LogP contribution in [0.5, 0.6) is 0 Å². The summed E-state index contributed by atoms with van der Waals surface area (Å²) in [6.45, 7) is 9.09. The van der Waals surface area contributed by atoms with Gasteiger partial charge in [-0.2, -0.15) is 0 Å². The summed E-state index contributed by atoms with van der Waals surface area (Å²) in [6, 6.07) is 0. The summed E-state index contributed by atoms with van der Waals surface area (Å²) < 4.78 is 5.64. The highest BCUT2D eigenvalue weighted by Crippen LogP contribution is 2.35. The fourth-order valence-electron chi connectivity index (χ4n) is 2.98. The first-order valence-corrected chi connectivity index (χ1v) is 7.03. The third-order valence-electron chi connectivity index (χ3n) is 4.14. The number of nitrogens with two attached hydrogens (primary N) is 1. The Kier molecular flexibility index (Phi) is 5.90. The Morgan fingerprint density at radius 3 is 2.71 bits per heavy atom. The zero-order valence-corrected chi connectivity index (χ0v) is 12.0. The molecule has 3 nitrogen and oxygen atoms in total. The van der Waals surface area contributed by atoms with E-state index in [1.54, 1.807) is 0 Å². The van der Waals surface area contributed by atoms with Gasteiger partial charge in [-0.3, -0.25) is 4.90 Å². The second kappa shape index (κ2) is 6.72. The van der Waals surface area contributed by atoms with Gasteiger partial charge in [-0.05, 0) is 39.7 Å². The van der Waals surface area contributed by atoms with Gasteiger partial charge in [0.25, 0.3) is 0 Å². The summed E-state index contributed by atoms with van der Waals surface area (Å²) in [6.07, 6.45) is 5.47. The molecule has 0 saturated heterocycles. The number of likely N-dealkylation sites (N-methyl/N-ethyl adjacent to an activating group) is 1. The largest absolute Gasteiger partial charge is 0.377 e. The van der Waals surface area contributed by atoms with Gasteiger partial charge in [0.1, 0.15) is 0 Å². The molecule has 0 radical (unpaired) electrons. The van der Waals surface area contributed by atoms with E-state index < -0.39 is 0 Å². The van der Waals surface area contributed by atoms with E-state index in [1.165, 1.54) is 25.7 Å². The van der Waals surface area contributed by atoms with Crippen LogP contribution >= 0.6 is 0 Å². The minimum atomic E-state index is 0.220. The van der Waals surface area contributed by atoms with Gasteiger partial charge in [-0.15, -0.1) is 0 Å². The van der Waals surface area contributed by atoms with Crippen LogP contribution in [0.2, 0.25) is 0 Å².